The minimum atomic E-state index is 0.0539. The summed E-state index contributed by atoms with van der Waals surface area (Å²) >= 11 is 0. The van der Waals surface area contributed by atoms with Crippen LogP contribution in [-0.4, -0.2) is 43.6 Å². The van der Waals surface area contributed by atoms with Crippen LogP contribution < -0.4 is 0 Å². The van der Waals surface area contributed by atoms with Gasteiger partial charge in [-0.25, -0.2) is 0 Å². The molecule has 0 bridgehead atoms. The fraction of sp³-hybridized carbons (Fsp3) is 0.467. The molecule has 0 aliphatic carbocycles. The van der Waals surface area contributed by atoms with Crippen molar-refractivity contribution in [1.82, 2.24) is 25.1 Å². The normalized spacial score (nSPS) is 18.8. The quantitative estimate of drug-likeness (QED) is 0.846. The molecular formula is C15H19N5O. The molecule has 6 heteroatoms. The zero-order valence-electron chi connectivity index (χ0n) is 12.4. The van der Waals surface area contributed by atoms with Gasteiger partial charge in [0.2, 0.25) is 0 Å². The van der Waals surface area contributed by atoms with Crippen molar-refractivity contribution in [3.8, 4) is 5.69 Å². The maximum Gasteiger partial charge on any atom is 0.256 e. The molecule has 110 valence electrons. The van der Waals surface area contributed by atoms with E-state index in [-0.39, 0.29) is 11.9 Å². The van der Waals surface area contributed by atoms with E-state index in [1.54, 1.807) is 0 Å². The Morgan fingerprint density at radius 1 is 1.33 bits per heavy atom. The standard InChI is InChI=1S/C15H19N5O/c1-11-6-7-14(20-17-10-16-18-20)13(9-11)15(21)19-8-4-3-5-12(19)2/h6-7,9-10,12H,3-5,8H2,1-2H3. The smallest absolute Gasteiger partial charge is 0.256 e. The predicted octanol–water partition coefficient (Wildman–Crippen LogP) is 1.99. The lowest BCUT2D eigenvalue weighted by Gasteiger charge is -2.33. The van der Waals surface area contributed by atoms with Crippen molar-refractivity contribution in [2.45, 2.75) is 39.2 Å². The highest BCUT2D eigenvalue weighted by Gasteiger charge is 2.26. The first kappa shape index (κ1) is 13.7. The molecule has 0 radical (unpaired) electrons. The van der Waals surface area contributed by atoms with Crippen molar-refractivity contribution in [3.05, 3.63) is 35.7 Å². The number of carbonyl (C=O) groups is 1. The number of hydrogen-bond donors (Lipinski definition) is 0. The minimum Gasteiger partial charge on any atom is -0.336 e. The lowest BCUT2D eigenvalue weighted by Crippen LogP contribution is -2.42. The molecule has 6 nitrogen and oxygen atoms in total. The summed E-state index contributed by atoms with van der Waals surface area (Å²) in [7, 11) is 0. The number of carbonyl (C=O) groups excluding carboxylic acids is 1. The average Bonchev–Trinajstić information content (AvgIpc) is 3.01. The Morgan fingerprint density at radius 2 is 2.19 bits per heavy atom. The van der Waals surface area contributed by atoms with Crippen LogP contribution in [0.25, 0.3) is 5.69 Å². The van der Waals surface area contributed by atoms with Crippen LogP contribution in [0.3, 0.4) is 0 Å². The Bertz CT molecular complexity index is 638. The SMILES string of the molecule is Cc1ccc(-n2ncnn2)c(C(=O)N2CCCCC2C)c1. The monoisotopic (exact) mass is 285 g/mol. The lowest BCUT2D eigenvalue weighted by molar-refractivity contribution is 0.0635. The van der Waals surface area contributed by atoms with Gasteiger partial charge in [0, 0.05) is 12.6 Å². The fourth-order valence-corrected chi connectivity index (χ4v) is 2.83. The molecule has 1 aliphatic rings. The number of likely N-dealkylation sites (tertiary alicyclic amines) is 1. The van der Waals surface area contributed by atoms with E-state index in [0.29, 0.717) is 11.3 Å². The molecule has 1 saturated heterocycles. The van der Waals surface area contributed by atoms with Crippen molar-refractivity contribution < 1.29 is 4.79 Å². The third kappa shape index (κ3) is 2.66. The van der Waals surface area contributed by atoms with Crippen LogP contribution in [0.15, 0.2) is 24.5 Å². The molecular weight excluding hydrogens is 266 g/mol. The molecule has 0 N–H and O–H groups in total. The zero-order valence-corrected chi connectivity index (χ0v) is 12.4. The van der Waals surface area contributed by atoms with Gasteiger partial charge in [-0.3, -0.25) is 4.79 Å². The van der Waals surface area contributed by atoms with Crippen LogP contribution in [0.5, 0.6) is 0 Å². The van der Waals surface area contributed by atoms with Gasteiger partial charge >= 0.3 is 0 Å². The first-order valence-electron chi connectivity index (χ1n) is 7.32. The second-order valence-electron chi connectivity index (χ2n) is 5.59. The van der Waals surface area contributed by atoms with Crippen LogP contribution in [0.1, 0.15) is 42.1 Å². The van der Waals surface area contributed by atoms with E-state index < -0.39 is 0 Å². The summed E-state index contributed by atoms with van der Waals surface area (Å²) in [6.45, 7) is 4.91. The number of tetrazole rings is 1. The molecule has 1 aliphatic heterocycles. The summed E-state index contributed by atoms with van der Waals surface area (Å²) in [6, 6.07) is 6.01. The number of rotatable bonds is 2. The zero-order chi connectivity index (χ0) is 14.8. The summed E-state index contributed by atoms with van der Waals surface area (Å²) < 4.78 is 0. The van der Waals surface area contributed by atoms with Gasteiger partial charge in [-0.05, 0) is 50.5 Å². The number of aromatic nitrogens is 4. The highest BCUT2D eigenvalue weighted by Crippen LogP contribution is 2.22. The summed E-state index contributed by atoms with van der Waals surface area (Å²) in [5, 5.41) is 11.7. The second-order valence-corrected chi connectivity index (χ2v) is 5.59. The molecule has 1 aromatic carbocycles. The molecule has 1 fully saturated rings. The van der Waals surface area contributed by atoms with Crippen molar-refractivity contribution in [1.29, 1.82) is 0 Å². The van der Waals surface area contributed by atoms with Crippen molar-refractivity contribution in [3.63, 3.8) is 0 Å². The summed E-state index contributed by atoms with van der Waals surface area (Å²) in [4.78, 5) is 16.3. The van der Waals surface area contributed by atoms with E-state index in [0.717, 1.165) is 24.9 Å². The van der Waals surface area contributed by atoms with Crippen LogP contribution >= 0.6 is 0 Å². The molecule has 1 aromatic heterocycles. The number of nitrogens with zero attached hydrogens (tertiary/aromatic N) is 5. The van der Waals surface area contributed by atoms with Gasteiger partial charge in [0.05, 0.1) is 5.56 Å². The maximum absolute atomic E-state index is 12.9. The van der Waals surface area contributed by atoms with Crippen LogP contribution in [-0.2, 0) is 0 Å². The summed E-state index contributed by atoms with van der Waals surface area (Å²) in [6.07, 6.45) is 4.70. The van der Waals surface area contributed by atoms with E-state index in [1.165, 1.54) is 17.5 Å². The Morgan fingerprint density at radius 3 is 2.90 bits per heavy atom. The summed E-state index contributed by atoms with van der Waals surface area (Å²) in [5.74, 6) is 0.0539. The van der Waals surface area contributed by atoms with Crippen molar-refractivity contribution >= 4 is 5.91 Å². The van der Waals surface area contributed by atoms with Crippen LogP contribution in [0.4, 0.5) is 0 Å². The first-order chi connectivity index (χ1) is 10.2. The second kappa shape index (κ2) is 5.63. The van der Waals surface area contributed by atoms with E-state index in [2.05, 4.69) is 22.3 Å². The molecule has 1 amide bonds. The van der Waals surface area contributed by atoms with Crippen LogP contribution in [0, 0.1) is 6.92 Å². The first-order valence-corrected chi connectivity index (χ1v) is 7.32. The minimum absolute atomic E-state index is 0.0539. The van der Waals surface area contributed by atoms with Crippen LogP contribution in [0.2, 0.25) is 0 Å². The molecule has 0 spiro atoms. The van der Waals surface area contributed by atoms with Gasteiger partial charge in [0.15, 0.2) is 6.33 Å². The molecule has 3 rings (SSSR count). The lowest BCUT2D eigenvalue weighted by atomic mass is 10.0. The number of piperidine rings is 1. The van der Waals surface area contributed by atoms with Gasteiger partial charge in [-0.2, -0.15) is 0 Å². The van der Waals surface area contributed by atoms with E-state index in [9.17, 15) is 4.79 Å². The van der Waals surface area contributed by atoms with Gasteiger partial charge < -0.3 is 4.90 Å². The maximum atomic E-state index is 12.9. The largest absolute Gasteiger partial charge is 0.336 e. The predicted molar refractivity (Wildman–Crippen MR) is 78.2 cm³/mol. The Balaban J connectivity index is 2.00. The summed E-state index contributed by atoms with van der Waals surface area (Å²) in [5.41, 5.74) is 2.37. The molecule has 1 unspecified atom stereocenters. The van der Waals surface area contributed by atoms with E-state index in [1.807, 2.05) is 30.0 Å². The molecule has 21 heavy (non-hydrogen) atoms. The molecule has 1 atom stereocenters. The number of hydrogen-bond acceptors (Lipinski definition) is 4. The van der Waals surface area contributed by atoms with Gasteiger partial charge in [-0.1, -0.05) is 11.6 Å². The fourth-order valence-electron chi connectivity index (χ4n) is 2.83. The number of amides is 1. The van der Waals surface area contributed by atoms with Crippen molar-refractivity contribution in [2.24, 2.45) is 0 Å². The molecule has 2 heterocycles. The Hall–Kier alpha value is -2.24. The van der Waals surface area contributed by atoms with E-state index >= 15 is 0 Å². The third-order valence-corrected chi connectivity index (χ3v) is 4.01. The number of benzene rings is 1. The van der Waals surface area contributed by atoms with Gasteiger partial charge in [0.25, 0.3) is 5.91 Å². The third-order valence-electron chi connectivity index (χ3n) is 4.01. The average molecular weight is 285 g/mol. The van der Waals surface area contributed by atoms with Gasteiger partial charge in [0.1, 0.15) is 5.69 Å². The highest BCUT2D eigenvalue weighted by molar-refractivity contribution is 5.98. The Kier molecular flexibility index (Phi) is 3.68. The molecule has 2 aromatic rings. The number of aryl methyl sites for hydroxylation is 1. The van der Waals surface area contributed by atoms with Gasteiger partial charge in [-0.15, -0.1) is 15.0 Å². The van der Waals surface area contributed by atoms with E-state index in [4.69, 9.17) is 0 Å². The molecule has 0 saturated carbocycles. The van der Waals surface area contributed by atoms with Crippen molar-refractivity contribution in [2.75, 3.05) is 6.54 Å². The highest BCUT2D eigenvalue weighted by atomic mass is 16.2. The Labute approximate surface area is 123 Å². The topological polar surface area (TPSA) is 63.9 Å².